The molecule has 0 aliphatic rings. The maximum absolute atomic E-state index is 12.0. The molecule has 0 unspecified atom stereocenters. The van der Waals surface area contributed by atoms with E-state index in [1.54, 1.807) is 38.4 Å². The maximum atomic E-state index is 12.0. The third-order valence-electron chi connectivity index (χ3n) is 3.60. The SMILES string of the molecule is CN(CCOc1ccc(Cl)cc1)C(=O)COC(=O)c1ccn(C)c(=O)c1. The summed E-state index contributed by atoms with van der Waals surface area (Å²) in [5, 5.41) is 0.614. The van der Waals surface area contributed by atoms with Crippen LogP contribution in [0.1, 0.15) is 10.4 Å². The second-order valence-corrected chi connectivity index (χ2v) is 5.99. The van der Waals surface area contributed by atoms with E-state index >= 15 is 0 Å². The average Bonchev–Trinajstić information content (AvgIpc) is 2.63. The fourth-order valence-corrected chi connectivity index (χ4v) is 2.08. The zero-order valence-corrected chi connectivity index (χ0v) is 15.2. The highest BCUT2D eigenvalue weighted by Crippen LogP contribution is 2.15. The molecule has 1 aromatic carbocycles. The third-order valence-corrected chi connectivity index (χ3v) is 3.85. The van der Waals surface area contributed by atoms with Crippen LogP contribution in [-0.4, -0.2) is 48.1 Å². The number of nitrogens with zero attached hydrogens (tertiary/aromatic N) is 2. The van der Waals surface area contributed by atoms with Crippen LogP contribution in [-0.2, 0) is 16.6 Å². The first-order valence-electron chi connectivity index (χ1n) is 7.83. The van der Waals surface area contributed by atoms with Crippen molar-refractivity contribution >= 4 is 23.5 Å². The third kappa shape index (κ3) is 5.63. The molecule has 26 heavy (non-hydrogen) atoms. The van der Waals surface area contributed by atoms with Gasteiger partial charge in [0.2, 0.25) is 0 Å². The molecule has 2 aromatic rings. The zero-order chi connectivity index (χ0) is 19.1. The predicted octanol–water partition coefficient (Wildman–Crippen LogP) is 1.73. The van der Waals surface area contributed by atoms with Crippen LogP contribution in [0.5, 0.6) is 5.75 Å². The van der Waals surface area contributed by atoms with Crippen molar-refractivity contribution in [3.63, 3.8) is 0 Å². The number of ether oxygens (including phenoxy) is 2. The van der Waals surface area contributed by atoms with Gasteiger partial charge in [0.1, 0.15) is 12.4 Å². The molecule has 0 fully saturated rings. The Balaban J connectivity index is 1.75. The first kappa shape index (κ1) is 19.5. The van der Waals surface area contributed by atoms with Gasteiger partial charge in [0.25, 0.3) is 11.5 Å². The largest absolute Gasteiger partial charge is 0.492 e. The van der Waals surface area contributed by atoms with Crippen molar-refractivity contribution in [1.82, 2.24) is 9.47 Å². The number of aromatic nitrogens is 1. The summed E-state index contributed by atoms with van der Waals surface area (Å²) in [6.07, 6.45) is 1.46. The van der Waals surface area contributed by atoms with Crippen molar-refractivity contribution < 1.29 is 19.1 Å². The lowest BCUT2D eigenvalue weighted by atomic mass is 10.3. The highest BCUT2D eigenvalue weighted by atomic mass is 35.5. The molecule has 0 aliphatic carbocycles. The molecule has 2 rings (SSSR count). The second kappa shape index (κ2) is 9.05. The molecular formula is C18H19ClN2O5. The van der Waals surface area contributed by atoms with Crippen LogP contribution < -0.4 is 10.3 Å². The molecule has 0 saturated carbocycles. The van der Waals surface area contributed by atoms with Crippen molar-refractivity contribution in [1.29, 1.82) is 0 Å². The number of benzene rings is 1. The van der Waals surface area contributed by atoms with Gasteiger partial charge in [-0.05, 0) is 30.3 Å². The molecule has 1 amide bonds. The van der Waals surface area contributed by atoms with Crippen LogP contribution >= 0.6 is 11.6 Å². The molecule has 8 heteroatoms. The number of likely N-dealkylation sites (N-methyl/N-ethyl adjacent to an activating group) is 1. The quantitative estimate of drug-likeness (QED) is 0.686. The number of hydrogen-bond acceptors (Lipinski definition) is 5. The van der Waals surface area contributed by atoms with Crippen molar-refractivity contribution in [3.05, 3.63) is 63.5 Å². The van der Waals surface area contributed by atoms with Crippen LogP contribution in [0, 0.1) is 0 Å². The summed E-state index contributed by atoms with van der Waals surface area (Å²) < 4.78 is 11.8. The fraction of sp³-hybridized carbons (Fsp3) is 0.278. The van der Waals surface area contributed by atoms with E-state index in [2.05, 4.69) is 0 Å². The van der Waals surface area contributed by atoms with E-state index in [1.165, 1.54) is 21.7 Å². The van der Waals surface area contributed by atoms with Crippen molar-refractivity contribution in [2.75, 3.05) is 26.8 Å². The molecule has 0 spiro atoms. The van der Waals surface area contributed by atoms with E-state index in [-0.39, 0.29) is 23.6 Å². The molecule has 138 valence electrons. The molecule has 0 atom stereocenters. The summed E-state index contributed by atoms with van der Waals surface area (Å²) >= 11 is 5.79. The molecular weight excluding hydrogens is 360 g/mol. The Hall–Kier alpha value is -2.80. The summed E-state index contributed by atoms with van der Waals surface area (Å²) in [6.45, 7) is 0.197. The van der Waals surface area contributed by atoms with Crippen LogP contribution in [0.4, 0.5) is 0 Å². The highest BCUT2D eigenvalue weighted by Gasteiger charge is 2.14. The molecule has 0 aliphatic heterocycles. The minimum absolute atomic E-state index is 0.106. The van der Waals surface area contributed by atoms with Crippen LogP contribution in [0.2, 0.25) is 5.02 Å². The van der Waals surface area contributed by atoms with Gasteiger partial charge >= 0.3 is 5.97 Å². The summed E-state index contributed by atoms with van der Waals surface area (Å²) in [7, 11) is 3.15. The number of hydrogen-bond donors (Lipinski definition) is 0. The molecule has 1 aromatic heterocycles. The van der Waals surface area contributed by atoms with Gasteiger partial charge in [-0.25, -0.2) is 4.79 Å². The van der Waals surface area contributed by atoms with Gasteiger partial charge < -0.3 is 18.9 Å². The van der Waals surface area contributed by atoms with E-state index in [1.807, 2.05) is 0 Å². The number of halogens is 1. The van der Waals surface area contributed by atoms with Gasteiger partial charge in [0.05, 0.1) is 12.1 Å². The van der Waals surface area contributed by atoms with E-state index in [0.29, 0.717) is 17.3 Å². The van der Waals surface area contributed by atoms with Gasteiger partial charge in [-0.3, -0.25) is 9.59 Å². The Labute approximate surface area is 155 Å². The standard InChI is InChI=1S/C18H19ClN2O5/c1-20-8-7-13(11-16(20)22)18(24)26-12-17(23)21(2)9-10-25-15-5-3-14(19)4-6-15/h3-8,11H,9-10,12H2,1-2H3. The van der Waals surface area contributed by atoms with Crippen molar-refractivity contribution in [2.24, 2.45) is 7.05 Å². The summed E-state index contributed by atoms with van der Waals surface area (Å²) in [4.78, 5) is 36.8. The minimum Gasteiger partial charge on any atom is -0.492 e. The predicted molar refractivity (Wildman–Crippen MR) is 96.5 cm³/mol. The van der Waals surface area contributed by atoms with Gasteiger partial charge in [0, 0.05) is 31.4 Å². The number of esters is 1. The second-order valence-electron chi connectivity index (χ2n) is 5.56. The number of pyridine rings is 1. The Bertz CT molecular complexity index is 832. The molecule has 1 heterocycles. The van der Waals surface area contributed by atoms with Crippen LogP contribution in [0.25, 0.3) is 0 Å². The molecule has 7 nitrogen and oxygen atoms in total. The smallest absolute Gasteiger partial charge is 0.338 e. The van der Waals surface area contributed by atoms with Crippen LogP contribution in [0.15, 0.2) is 47.4 Å². The van der Waals surface area contributed by atoms with E-state index < -0.39 is 12.6 Å². The topological polar surface area (TPSA) is 77.8 Å². The zero-order valence-electron chi connectivity index (χ0n) is 14.5. The normalized spacial score (nSPS) is 10.3. The van der Waals surface area contributed by atoms with E-state index in [0.717, 1.165) is 6.07 Å². The highest BCUT2D eigenvalue weighted by molar-refractivity contribution is 6.30. The fourth-order valence-electron chi connectivity index (χ4n) is 1.95. The number of aryl methyl sites for hydroxylation is 1. The van der Waals surface area contributed by atoms with Gasteiger partial charge in [0.15, 0.2) is 6.61 Å². The summed E-state index contributed by atoms with van der Waals surface area (Å²) in [5.74, 6) is -0.448. The summed E-state index contributed by atoms with van der Waals surface area (Å²) in [6, 6.07) is 9.50. The molecule has 0 bridgehead atoms. The monoisotopic (exact) mass is 378 g/mol. The average molecular weight is 379 g/mol. The maximum Gasteiger partial charge on any atom is 0.338 e. The molecule has 0 saturated heterocycles. The van der Waals surface area contributed by atoms with Gasteiger partial charge in [-0.2, -0.15) is 0 Å². The lowest BCUT2D eigenvalue weighted by Crippen LogP contribution is -2.34. The Morgan fingerprint density at radius 1 is 1.19 bits per heavy atom. The lowest BCUT2D eigenvalue weighted by molar-refractivity contribution is -0.133. The first-order chi connectivity index (χ1) is 12.4. The number of amides is 1. The Kier molecular flexibility index (Phi) is 6.80. The van der Waals surface area contributed by atoms with E-state index in [4.69, 9.17) is 21.1 Å². The van der Waals surface area contributed by atoms with Crippen LogP contribution in [0.3, 0.4) is 0 Å². The Morgan fingerprint density at radius 3 is 2.54 bits per heavy atom. The number of carbonyl (C=O) groups is 2. The minimum atomic E-state index is -0.720. The van der Waals surface area contributed by atoms with Crippen molar-refractivity contribution in [2.45, 2.75) is 0 Å². The Morgan fingerprint density at radius 2 is 1.88 bits per heavy atom. The number of carbonyl (C=O) groups excluding carboxylic acids is 2. The summed E-state index contributed by atoms with van der Waals surface area (Å²) in [5.41, 5.74) is -0.225. The van der Waals surface area contributed by atoms with Crippen molar-refractivity contribution in [3.8, 4) is 5.75 Å². The molecule has 0 N–H and O–H groups in total. The van der Waals surface area contributed by atoms with E-state index in [9.17, 15) is 14.4 Å². The van der Waals surface area contributed by atoms with Gasteiger partial charge in [-0.15, -0.1) is 0 Å². The van der Waals surface area contributed by atoms with Gasteiger partial charge in [-0.1, -0.05) is 11.6 Å². The molecule has 0 radical (unpaired) electrons. The first-order valence-corrected chi connectivity index (χ1v) is 8.21. The lowest BCUT2D eigenvalue weighted by Gasteiger charge is -2.17. The number of rotatable bonds is 7.